The Morgan fingerprint density at radius 3 is 2.60 bits per heavy atom. The molecule has 0 spiro atoms. The fourth-order valence-corrected chi connectivity index (χ4v) is 2.58. The molecule has 1 saturated carbocycles. The zero-order valence-corrected chi connectivity index (χ0v) is 12.4. The number of carbonyl (C=O) groups excluding carboxylic acids is 1. The first-order chi connectivity index (χ1) is 9.59. The summed E-state index contributed by atoms with van der Waals surface area (Å²) in [5.41, 5.74) is 0. The molecular formula is C15H27NO4. The highest BCUT2D eigenvalue weighted by atomic mass is 16.5. The highest BCUT2D eigenvalue weighted by Crippen LogP contribution is 2.25. The summed E-state index contributed by atoms with van der Waals surface area (Å²) >= 11 is 0. The Morgan fingerprint density at radius 2 is 1.90 bits per heavy atom. The van der Waals surface area contributed by atoms with Gasteiger partial charge in [-0.25, -0.2) is 0 Å². The average molecular weight is 285 g/mol. The Morgan fingerprint density at radius 1 is 1.20 bits per heavy atom. The van der Waals surface area contributed by atoms with E-state index in [0.29, 0.717) is 44.4 Å². The summed E-state index contributed by atoms with van der Waals surface area (Å²) in [6.07, 6.45) is 6.96. The van der Waals surface area contributed by atoms with Crippen LogP contribution in [0.25, 0.3) is 0 Å². The number of aliphatic carboxylic acids is 1. The molecule has 5 heteroatoms. The van der Waals surface area contributed by atoms with Gasteiger partial charge >= 0.3 is 5.97 Å². The van der Waals surface area contributed by atoms with Crippen molar-refractivity contribution < 1.29 is 19.4 Å². The zero-order valence-electron chi connectivity index (χ0n) is 12.4. The molecule has 0 aromatic rings. The Balaban J connectivity index is 1.97. The summed E-state index contributed by atoms with van der Waals surface area (Å²) < 4.78 is 5.81. The van der Waals surface area contributed by atoms with Gasteiger partial charge < -0.3 is 15.2 Å². The van der Waals surface area contributed by atoms with E-state index in [1.54, 1.807) is 0 Å². The van der Waals surface area contributed by atoms with Gasteiger partial charge in [-0.3, -0.25) is 9.59 Å². The molecule has 1 aliphatic carbocycles. The maximum absolute atomic E-state index is 11.5. The Labute approximate surface area is 121 Å². The van der Waals surface area contributed by atoms with Crippen molar-refractivity contribution in [3.63, 3.8) is 0 Å². The molecule has 0 aromatic heterocycles. The van der Waals surface area contributed by atoms with Crippen LogP contribution in [-0.2, 0) is 14.3 Å². The molecule has 1 aliphatic rings. The van der Waals surface area contributed by atoms with Crippen LogP contribution in [0.15, 0.2) is 0 Å². The van der Waals surface area contributed by atoms with Crippen LogP contribution in [0, 0.1) is 5.92 Å². The molecule has 20 heavy (non-hydrogen) atoms. The second-order valence-electron chi connectivity index (χ2n) is 5.62. The number of hydrogen-bond acceptors (Lipinski definition) is 3. The van der Waals surface area contributed by atoms with Crippen molar-refractivity contribution in [1.82, 2.24) is 5.32 Å². The van der Waals surface area contributed by atoms with E-state index >= 15 is 0 Å². The minimum Gasteiger partial charge on any atom is -0.481 e. The zero-order chi connectivity index (χ0) is 14.8. The van der Waals surface area contributed by atoms with Gasteiger partial charge in [-0.15, -0.1) is 0 Å². The lowest BCUT2D eigenvalue weighted by Crippen LogP contribution is -2.31. The van der Waals surface area contributed by atoms with Crippen LogP contribution in [0.4, 0.5) is 0 Å². The number of ether oxygens (including phenoxy) is 1. The van der Waals surface area contributed by atoms with Crippen molar-refractivity contribution in [2.45, 2.75) is 64.4 Å². The Hall–Kier alpha value is -1.10. The summed E-state index contributed by atoms with van der Waals surface area (Å²) in [6, 6.07) is 0. The number of amides is 1. The second kappa shape index (κ2) is 9.75. The van der Waals surface area contributed by atoms with E-state index in [2.05, 4.69) is 12.2 Å². The molecule has 1 rings (SSSR count). The molecule has 0 heterocycles. The SMILES string of the molecule is CC1CCCCC1OCCNC(=O)CCCCC(=O)O. The first-order valence-corrected chi connectivity index (χ1v) is 7.69. The highest BCUT2D eigenvalue weighted by molar-refractivity contribution is 5.75. The predicted molar refractivity (Wildman–Crippen MR) is 76.5 cm³/mol. The lowest BCUT2D eigenvalue weighted by molar-refractivity contribution is -0.137. The van der Waals surface area contributed by atoms with Crippen LogP contribution in [0.2, 0.25) is 0 Å². The van der Waals surface area contributed by atoms with Gasteiger partial charge in [0.05, 0.1) is 12.7 Å². The maximum atomic E-state index is 11.5. The first kappa shape index (κ1) is 17.0. The average Bonchev–Trinajstić information content (AvgIpc) is 2.41. The molecule has 5 nitrogen and oxygen atoms in total. The van der Waals surface area contributed by atoms with Crippen LogP contribution in [-0.4, -0.2) is 36.2 Å². The maximum Gasteiger partial charge on any atom is 0.303 e. The molecule has 116 valence electrons. The topological polar surface area (TPSA) is 75.6 Å². The minimum atomic E-state index is -0.805. The van der Waals surface area contributed by atoms with E-state index in [0.717, 1.165) is 6.42 Å². The van der Waals surface area contributed by atoms with Gasteiger partial charge in [0.25, 0.3) is 0 Å². The van der Waals surface area contributed by atoms with Gasteiger partial charge in [0, 0.05) is 19.4 Å². The molecule has 0 radical (unpaired) electrons. The lowest BCUT2D eigenvalue weighted by atomic mass is 9.88. The van der Waals surface area contributed by atoms with Gasteiger partial charge in [-0.2, -0.15) is 0 Å². The second-order valence-corrected chi connectivity index (χ2v) is 5.62. The summed E-state index contributed by atoms with van der Waals surface area (Å²) in [5.74, 6) is -0.202. The third kappa shape index (κ3) is 7.48. The van der Waals surface area contributed by atoms with Gasteiger partial charge in [0.1, 0.15) is 0 Å². The van der Waals surface area contributed by atoms with Crippen molar-refractivity contribution in [2.24, 2.45) is 5.92 Å². The van der Waals surface area contributed by atoms with Crippen LogP contribution < -0.4 is 5.32 Å². The van der Waals surface area contributed by atoms with E-state index in [-0.39, 0.29) is 12.3 Å². The van der Waals surface area contributed by atoms with Crippen molar-refractivity contribution >= 4 is 11.9 Å². The number of carboxylic acids is 1. The summed E-state index contributed by atoms with van der Waals surface area (Å²) in [5, 5.41) is 11.3. The van der Waals surface area contributed by atoms with Gasteiger partial charge in [-0.1, -0.05) is 19.8 Å². The molecule has 2 unspecified atom stereocenters. The highest BCUT2D eigenvalue weighted by Gasteiger charge is 2.21. The van der Waals surface area contributed by atoms with Crippen molar-refractivity contribution in [3.05, 3.63) is 0 Å². The predicted octanol–water partition coefficient (Wildman–Crippen LogP) is 2.34. The normalized spacial score (nSPS) is 22.4. The molecule has 2 atom stereocenters. The molecule has 0 aromatic carbocycles. The largest absolute Gasteiger partial charge is 0.481 e. The van der Waals surface area contributed by atoms with Crippen LogP contribution in [0.3, 0.4) is 0 Å². The lowest BCUT2D eigenvalue weighted by Gasteiger charge is -2.28. The van der Waals surface area contributed by atoms with Crippen LogP contribution >= 0.6 is 0 Å². The minimum absolute atomic E-state index is 0.0179. The van der Waals surface area contributed by atoms with E-state index in [4.69, 9.17) is 9.84 Å². The van der Waals surface area contributed by atoms with E-state index in [1.807, 2.05) is 0 Å². The molecule has 2 N–H and O–H groups in total. The van der Waals surface area contributed by atoms with E-state index in [1.165, 1.54) is 19.3 Å². The summed E-state index contributed by atoms with van der Waals surface area (Å²) in [6.45, 7) is 3.34. The third-order valence-corrected chi connectivity index (χ3v) is 3.83. The number of hydrogen-bond donors (Lipinski definition) is 2. The molecular weight excluding hydrogens is 258 g/mol. The summed E-state index contributed by atoms with van der Waals surface area (Å²) in [4.78, 5) is 21.8. The van der Waals surface area contributed by atoms with Gasteiger partial charge in [0.15, 0.2) is 0 Å². The van der Waals surface area contributed by atoms with Crippen molar-refractivity contribution in [3.8, 4) is 0 Å². The summed E-state index contributed by atoms with van der Waals surface area (Å²) in [7, 11) is 0. The Bertz CT molecular complexity index is 306. The number of carbonyl (C=O) groups is 2. The van der Waals surface area contributed by atoms with Gasteiger partial charge in [-0.05, 0) is 31.6 Å². The number of unbranched alkanes of at least 4 members (excludes halogenated alkanes) is 1. The van der Waals surface area contributed by atoms with Crippen molar-refractivity contribution in [1.29, 1.82) is 0 Å². The fraction of sp³-hybridized carbons (Fsp3) is 0.867. The molecule has 1 amide bonds. The smallest absolute Gasteiger partial charge is 0.303 e. The quantitative estimate of drug-likeness (QED) is 0.638. The fourth-order valence-electron chi connectivity index (χ4n) is 2.58. The van der Waals surface area contributed by atoms with Crippen molar-refractivity contribution in [2.75, 3.05) is 13.2 Å². The standard InChI is InChI=1S/C15H27NO4/c1-12-6-2-3-7-13(12)20-11-10-16-14(17)8-4-5-9-15(18)19/h12-13H,2-11H2,1H3,(H,16,17)(H,18,19). The third-order valence-electron chi connectivity index (χ3n) is 3.83. The van der Waals surface area contributed by atoms with Crippen LogP contribution in [0.1, 0.15) is 58.3 Å². The molecule has 0 aliphatic heterocycles. The van der Waals surface area contributed by atoms with E-state index in [9.17, 15) is 9.59 Å². The monoisotopic (exact) mass is 285 g/mol. The van der Waals surface area contributed by atoms with Crippen LogP contribution in [0.5, 0.6) is 0 Å². The van der Waals surface area contributed by atoms with E-state index < -0.39 is 5.97 Å². The number of carboxylic acid groups (broad SMARTS) is 1. The van der Waals surface area contributed by atoms with Gasteiger partial charge in [0.2, 0.25) is 5.91 Å². The number of rotatable bonds is 9. The molecule has 0 bridgehead atoms. The first-order valence-electron chi connectivity index (χ1n) is 7.69. The Kier molecular flexibility index (Phi) is 8.26. The molecule has 1 fully saturated rings. The number of nitrogens with one attached hydrogen (secondary N) is 1. The molecule has 0 saturated heterocycles.